The van der Waals surface area contributed by atoms with Gasteiger partial charge in [-0.2, -0.15) is 0 Å². The molecular formula is C14H28N2. The van der Waals surface area contributed by atoms with Crippen molar-refractivity contribution in [1.29, 1.82) is 0 Å². The Morgan fingerprint density at radius 3 is 2.62 bits per heavy atom. The Balaban J connectivity index is 2.39. The van der Waals surface area contributed by atoms with Gasteiger partial charge in [0.05, 0.1) is 0 Å². The first-order valence-corrected chi connectivity index (χ1v) is 6.90. The van der Waals surface area contributed by atoms with Crippen LogP contribution in [-0.4, -0.2) is 36.6 Å². The van der Waals surface area contributed by atoms with Crippen molar-refractivity contribution >= 4 is 0 Å². The number of rotatable bonds is 10. The Hall–Kier alpha value is -0.340. The topological polar surface area (TPSA) is 15.3 Å². The van der Waals surface area contributed by atoms with Crippen LogP contribution < -0.4 is 5.32 Å². The van der Waals surface area contributed by atoms with E-state index < -0.39 is 0 Å². The third kappa shape index (κ3) is 4.67. The van der Waals surface area contributed by atoms with E-state index in [4.69, 9.17) is 0 Å². The summed E-state index contributed by atoms with van der Waals surface area (Å²) in [4.78, 5) is 2.65. The second kappa shape index (κ2) is 7.86. The van der Waals surface area contributed by atoms with E-state index in [1.165, 1.54) is 32.1 Å². The Morgan fingerprint density at radius 1 is 1.38 bits per heavy atom. The first kappa shape index (κ1) is 13.7. The SMILES string of the molecule is C=CCN(C1CC1)C(CCC)CNCCC. The van der Waals surface area contributed by atoms with Crippen molar-refractivity contribution in [1.82, 2.24) is 10.2 Å². The van der Waals surface area contributed by atoms with E-state index in [2.05, 4.69) is 36.7 Å². The van der Waals surface area contributed by atoms with E-state index in [-0.39, 0.29) is 0 Å². The molecule has 1 atom stereocenters. The van der Waals surface area contributed by atoms with Crippen molar-refractivity contribution in [2.75, 3.05) is 19.6 Å². The minimum Gasteiger partial charge on any atom is -0.315 e. The Morgan fingerprint density at radius 2 is 2.12 bits per heavy atom. The lowest BCUT2D eigenvalue weighted by Crippen LogP contribution is -2.43. The molecule has 2 heteroatoms. The lowest BCUT2D eigenvalue weighted by atomic mass is 10.1. The van der Waals surface area contributed by atoms with Gasteiger partial charge in [-0.3, -0.25) is 4.90 Å². The fourth-order valence-electron chi connectivity index (χ4n) is 2.32. The monoisotopic (exact) mass is 224 g/mol. The fourth-order valence-corrected chi connectivity index (χ4v) is 2.32. The smallest absolute Gasteiger partial charge is 0.0226 e. The quantitative estimate of drug-likeness (QED) is 0.453. The van der Waals surface area contributed by atoms with Crippen LogP contribution in [0.25, 0.3) is 0 Å². The van der Waals surface area contributed by atoms with Gasteiger partial charge in [0.25, 0.3) is 0 Å². The molecule has 1 aliphatic rings. The molecule has 1 aliphatic carbocycles. The maximum Gasteiger partial charge on any atom is 0.0226 e. The molecule has 2 nitrogen and oxygen atoms in total. The van der Waals surface area contributed by atoms with Gasteiger partial charge < -0.3 is 5.32 Å². The summed E-state index contributed by atoms with van der Waals surface area (Å²) in [6.45, 7) is 11.7. The predicted molar refractivity (Wildman–Crippen MR) is 71.8 cm³/mol. The highest BCUT2D eigenvalue weighted by atomic mass is 15.2. The second-order valence-corrected chi connectivity index (χ2v) is 4.86. The van der Waals surface area contributed by atoms with Crippen LogP contribution in [0.3, 0.4) is 0 Å². The molecule has 0 spiro atoms. The van der Waals surface area contributed by atoms with Gasteiger partial charge in [-0.1, -0.05) is 26.3 Å². The molecular weight excluding hydrogens is 196 g/mol. The first-order chi connectivity index (χ1) is 7.83. The van der Waals surface area contributed by atoms with Gasteiger partial charge in [0.2, 0.25) is 0 Å². The zero-order valence-corrected chi connectivity index (χ0v) is 11.0. The average molecular weight is 224 g/mol. The third-order valence-corrected chi connectivity index (χ3v) is 3.25. The molecule has 0 aliphatic heterocycles. The molecule has 1 saturated carbocycles. The third-order valence-electron chi connectivity index (χ3n) is 3.25. The van der Waals surface area contributed by atoms with Crippen LogP contribution in [0.15, 0.2) is 12.7 Å². The Bertz CT molecular complexity index is 187. The minimum atomic E-state index is 0.710. The summed E-state index contributed by atoms with van der Waals surface area (Å²) in [6, 6.07) is 1.56. The van der Waals surface area contributed by atoms with Crippen LogP contribution in [-0.2, 0) is 0 Å². The highest BCUT2D eigenvalue weighted by Gasteiger charge is 2.32. The summed E-state index contributed by atoms with van der Waals surface area (Å²) in [5.74, 6) is 0. The largest absolute Gasteiger partial charge is 0.315 e. The van der Waals surface area contributed by atoms with Crippen LogP contribution in [0, 0.1) is 0 Å². The molecule has 1 N–H and O–H groups in total. The summed E-state index contributed by atoms with van der Waals surface area (Å²) in [5.41, 5.74) is 0. The number of nitrogens with zero attached hydrogens (tertiary/aromatic N) is 1. The molecule has 1 fully saturated rings. The van der Waals surface area contributed by atoms with Crippen molar-refractivity contribution in [3.05, 3.63) is 12.7 Å². The van der Waals surface area contributed by atoms with Crippen LogP contribution in [0.5, 0.6) is 0 Å². The van der Waals surface area contributed by atoms with Crippen molar-refractivity contribution in [2.24, 2.45) is 0 Å². The van der Waals surface area contributed by atoms with Crippen LogP contribution in [0.2, 0.25) is 0 Å². The van der Waals surface area contributed by atoms with E-state index in [1.54, 1.807) is 0 Å². The number of hydrogen-bond donors (Lipinski definition) is 1. The molecule has 0 heterocycles. The maximum atomic E-state index is 3.89. The summed E-state index contributed by atoms with van der Waals surface area (Å²) in [5, 5.41) is 3.57. The van der Waals surface area contributed by atoms with Gasteiger partial charge in [-0.25, -0.2) is 0 Å². The zero-order chi connectivity index (χ0) is 11.8. The van der Waals surface area contributed by atoms with Crippen LogP contribution in [0.1, 0.15) is 46.0 Å². The Labute approximate surface area is 101 Å². The second-order valence-electron chi connectivity index (χ2n) is 4.86. The minimum absolute atomic E-state index is 0.710. The van der Waals surface area contributed by atoms with Gasteiger partial charge in [-0.15, -0.1) is 6.58 Å². The van der Waals surface area contributed by atoms with Gasteiger partial charge in [-0.05, 0) is 32.2 Å². The van der Waals surface area contributed by atoms with Crippen LogP contribution in [0.4, 0.5) is 0 Å². The summed E-state index contributed by atoms with van der Waals surface area (Å²) in [7, 11) is 0. The van der Waals surface area contributed by atoms with Crippen molar-refractivity contribution in [3.63, 3.8) is 0 Å². The summed E-state index contributed by atoms with van der Waals surface area (Å²) < 4.78 is 0. The molecule has 0 aromatic carbocycles. The highest BCUT2D eigenvalue weighted by Crippen LogP contribution is 2.29. The molecule has 1 unspecified atom stereocenters. The Kier molecular flexibility index (Phi) is 6.74. The average Bonchev–Trinajstić information content (AvgIpc) is 3.09. The fraction of sp³-hybridized carbons (Fsp3) is 0.857. The lowest BCUT2D eigenvalue weighted by Gasteiger charge is -2.31. The predicted octanol–water partition coefficient (Wildman–Crippen LogP) is 2.81. The molecule has 16 heavy (non-hydrogen) atoms. The molecule has 0 amide bonds. The molecule has 0 saturated heterocycles. The standard InChI is InChI=1S/C14H28N2/c1-4-7-14(12-15-10-5-2)16(11-6-3)13-8-9-13/h6,13-15H,3-5,7-12H2,1-2H3. The van der Waals surface area contributed by atoms with Gasteiger partial charge in [0.1, 0.15) is 0 Å². The highest BCUT2D eigenvalue weighted by molar-refractivity contribution is 4.92. The zero-order valence-electron chi connectivity index (χ0n) is 11.0. The van der Waals surface area contributed by atoms with Crippen LogP contribution >= 0.6 is 0 Å². The lowest BCUT2D eigenvalue weighted by molar-refractivity contribution is 0.191. The van der Waals surface area contributed by atoms with Crippen molar-refractivity contribution in [2.45, 2.75) is 58.0 Å². The van der Waals surface area contributed by atoms with Gasteiger partial charge in [0.15, 0.2) is 0 Å². The molecule has 0 radical (unpaired) electrons. The van der Waals surface area contributed by atoms with E-state index in [0.717, 1.165) is 25.7 Å². The van der Waals surface area contributed by atoms with E-state index in [9.17, 15) is 0 Å². The normalized spacial score (nSPS) is 17.7. The molecule has 1 rings (SSSR count). The molecule has 0 aromatic rings. The molecule has 0 bridgehead atoms. The number of hydrogen-bond acceptors (Lipinski definition) is 2. The summed E-state index contributed by atoms with van der Waals surface area (Å²) >= 11 is 0. The summed E-state index contributed by atoms with van der Waals surface area (Å²) in [6.07, 6.45) is 8.65. The van der Waals surface area contributed by atoms with E-state index in [1.807, 2.05) is 0 Å². The van der Waals surface area contributed by atoms with Gasteiger partial charge in [0, 0.05) is 25.2 Å². The van der Waals surface area contributed by atoms with E-state index >= 15 is 0 Å². The van der Waals surface area contributed by atoms with Crippen molar-refractivity contribution < 1.29 is 0 Å². The van der Waals surface area contributed by atoms with E-state index in [0.29, 0.717) is 6.04 Å². The molecule has 0 aromatic heterocycles. The van der Waals surface area contributed by atoms with Crippen molar-refractivity contribution in [3.8, 4) is 0 Å². The molecule has 94 valence electrons. The first-order valence-electron chi connectivity index (χ1n) is 6.90. The maximum absolute atomic E-state index is 3.89. The number of nitrogens with one attached hydrogen (secondary N) is 1. The van der Waals surface area contributed by atoms with Gasteiger partial charge >= 0.3 is 0 Å².